The van der Waals surface area contributed by atoms with Gasteiger partial charge in [0, 0.05) is 20.0 Å². The van der Waals surface area contributed by atoms with Crippen molar-refractivity contribution in [2.75, 3.05) is 7.11 Å². The van der Waals surface area contributed by atoms with E-state index in [4.69, 9.17) is 4.74 Å². The highest BCUT2D eigenvalue weighted by atomic mass is 79.9. The topological polar surface area (TPSA) is 26.3 Å². The van der Waals surface area contributed by atoms with E-state index in [1.54, 1.807) is 19.2 Å². The van der Waals surface area contributed by atoms with Crippen LogP contribution in [0.15, 0.2) is 22.7 Å². The normalized spacial score (nSPS) is 11.6. The molecule has 17 heavy (non-hydrogen) atoms. The number of rotatable bonds is 5. The van der Waals surface area contributed by atoms with Gasteiger partial charge in [0.05, 0.1) is 10.1 Å². The lowest BCUT2D eigenvalue weighted by atomic mass is 9.97. The van der Waals surface area contributed by atoms with Crippen molar-refractivity contribution in [1.29, 1.82) is 0 Å². The lowest BCUT2D eigenvalue weighted by molar-refractivity contribution is -0.123. The van der Waals surface area contributed by atoms with E-state index >= 15 is 0 Å². The van der Waals surface area contributed by atoms with E-state index in [9.17, 15) is 9.18 Å². The van der Waals surface area contributed by atoms with E-state index in [-0.39, 0.29) is 18.0 Å². The van der Waals surface area contributed by atoms with Gasteiger partial charge in [-0.05, 0) is 41.4 Å². The molecule has 0 aliphatic rings. The van der Waals surface area contributed by atoms with Crippen LogP contribution in [0.25, 0.3) is 0 Å². The second-order valence-corrected chi connectivity index (χ2v) is 5.36. The van der Waals surface area contributed by atoms with E-state index in [1.165, 1.54) is 6.07 Å². The Bertz CT molecular complexity index is 416. The van der Waals surface area contributed by atoms with Crippen LogP contribution >= 0.6 is 15.9 Å². The van der Waals surface area contributed by atoms with Gasteiger partial charge in [-0.25, -0.2) is 4.39 Å². The van der Waals surface area contributed by atoms with E-state index in [1.807, 2.05) is 13.8 Å². The molecule has 0 fully saturated rings. The molecule has 0 saturated heterocycles. The Hall–Kier alpha value is -0.740. The van der Waals surface area contributed by atoms with E-state index in [2.05, 4.69) is 15.9 Å². The first kappa shape index (κ1) is 14.3. The van der Waals surface area contributed by atoms with Gasteiger partial charge in [0.1, 0.15) is 11.6 Å². The maximum Gasteiger partial charge on any atom is 0.140 e. The summed E-state index contributed by atoms with van der Waals surface area (Å²) in [5, 5.41) is 0. The summed E-state index contributed by atoms with van der Waals surface area (Å²) in [6, 6.07) is 4.70. The van der Waals surface area contributed by atoms with Gasteiger partial charge < -0.3 is 4.74 Å². The number of hydrogen-bond acceptors (Lipinski definition) is 2. The SMILES string of the molecule is COC(C)(C)CC(=O)Cc1cccc(F)c1Br. The molecule has 2 nitrogen and oxygen atoms in total. The fourth-order valence-corrected chi connectivity index (χ4v) is 1.91. The zero-order valence-corrected chi connectivity index (χ0v) is 11.8. The molecule has 0 saturated carbocycles. The Morgan fingerprint density at radius 2 is 2.12 bits per heavy atom. The molecule has 0 radical (unpaired) electrons. The molecule has 0 unspecified atom stereocenters. The fourth-order valence-electron chi connectivity index (χ4n) is 1.51. The minimum atomic E-state index is -0.475. The van der Waals surface area contributed by atoms with Crippen molar-refractivity contribution in [2.45, 2.75) is 32.3 Å². The summed E-state index contributed by atoms with van der Waals surface area (Å²) in [4.78, 5) is 11.8. The Balaban J connectivity index is 2.72. The second-order valence-electron chi connectivity index (χ2n) is 4.57. The largest absolute Gasteiger partial charge is 0.378 e. The molecule has 0 spiro atoms. The van der Waals surface area contributed by atoms with E-state index < -0.39 is 5.60 Å². The van der Waals surface area contributed by atoms with Gasteiger partial charge in [0.15, 0.2) is 0 Å². The van der Waals surface area contributed by atoms with E-state index in [0.29, 0.717) is 16.5 Å². The molecule has 94 valence electrons. The van der Waals surface area contributed by atoms with Crippen LogP contribution in [0.1, 0.15) is 25.8 Å². The Morgan fingerprint density at radius 1 is 1.47 bits per heavy atom. The van der Waals surface area contributed by atoms with Crippen LogP contribution < -0.4 is 0 Å². The molecule has 0 aliphatic heterocycles. The smallest absolute Gasteiger partial charge is 0.140 e. The quantitative estimate of drug-likeness (QED) is 0.832. The number of methoxy groups -OCH3 is 1. The second kappa shape index (κ2) is 5.74. The first-order valence-corrected chi connectivity index (χ1v) is 6.15. The van der Waals surface area contributed by atoms with Gasteiger partial charge in [-0.2, -0.15) is 0 Å². The molecule has 1 aromatic carbocycles. The van der Waals surface area contributed by atoms with E-state index in [0.717, 1.165) is 0 Å². The zero-order chi connectivity index (χ0) is 13.1. The van der Waals surface area contributed by atoms with Crippen LogP contribution in [-0.2, 0) is 16.0 Å². The highest BCUT2D eigenvalue weighted by molar-refractivity contribution is 9.10. The van der Waals surface area contributed by atoms with Crippen molar-refractivity contribution in [2.24, 2.45) is 0 Å². The van der Waals surface area contributed by atoms with Crippen LogP contribution in [0.2, 0.25) is 0 Å². The lowest BCUT2D eigenvalue weighted by Crippen LogP contribution is -2.27. The molecular formula is C13H16BrFO2. The summed E-state index contributed by atoms with van der Waals surface area (Å²) in [5.74, 6) is -0.315. The fraction of sp³-hybridized carbons (Fsp3) is 0.462. The molecule has 0 atom stereocenters. The van der Waals surface area contributed by atoms with Crippen molar-refractivity contribution in [3.05, 3.63) is 34.1 Å². The average molecular weight is 303 g/mol. The maximum atomic E-state index is 13.3. The highest BCUT2D eigenvalue weighted by Gasteiger charge is 2.21. The van der Waals surface area contributed by atoms with Gasteiger partial charge in [-0.1, -0.05) is 12.1 Å². The molecular weight excluding hydrogens is 287 g/mol. The predicted molar refractivity (Wildman–Crippen MR) is 68.5 cm³/mol. The van der Waals surface area contributed by atoms with Crippen LogP contribution in [0.5, 0.6) is 0 Å². The van der Waals surface area contributed by atoms with Crippen molar-refractivity contribution >= 4 is 21.7 Å². The number of Topliss-reactive ketones (excluding diaryl/α,β-unsaturated/α-hetero) is 1. The standard InChI is InChI=1S/C13H16BrFO2/c1-13(2,17-3)8-10(16)7-9-5-4-6-11(15)12(9)14/h4-6H,7-8H2,1-3H3. The highest BCUT2D eigenvalue weighted by Crippen LogP contribution is 2.22. The van der Waals surface area contributed by atoms with Gasteiger partial charge >= 0.3 is 0 Å². The summed E-state index contributed by atoms with van der Waals surface area (Å²) in [7, 11) is 1.57. The van der Waals surface area contributed by atoms with Crippen LogP contribution in [0.4, 0.5) is 4.39 Å². The Labute approximate surface area is 109 Å². The molecule has 1 aromatic rings. The first-order chi connectivity index (χ1) is 7.85. The number of carbonyl (C=O) groups is 1. The Morgan fingerprint density at radius 3 is 2.71 bits per heavy atom. The molecule has 1 rings (SSSR count). The summed E-state index contributed by atoms with van der Waals surface area (Å²) in [6.07, 6.45) is 0.525. The predicted octanol–water partition coefficient (Wildman–Crippen LogP) is 3.51. The number of ether oxygens (including phenoxy) is 1. The Kier molecular flexibility index (Phi) is 4.83. The van der Waals surface area contributed by atoms with Crippen molar-refractivity contribution in [3.8, 4) is 0 Å². The minimum Gasteiger partial charge on any atom is -0.378 e. The summed E-state index contributed by atoms with van der Waals surface area (Å²) in [6.45, 7) is 3.71. The third kappa shape index (κ3) is 4.21. The monoisotopic (exact) mass is 302 g/mol. The van der Waals surface area contributed by atoms with Gasteiger partial charge in [-0.15, -0.1) is 0 Å². The van der Waals surface area contributed by atoms with Crippen LogP contribution in [0, 0.1) is 5.82 Å². The first-order valence-electron chi connectivity index (χ1n) is 5.35. The number of benzene rings is 1. The molecule has 0 amide bonds. The van der Waals surface area contributed by atoms with Crippen molar-refractivity contribution < 1.29 is 13.9 Å². The van der Waals surface area contributed by atoms with Crippen LogP contribution in [0.3, 0.4) is 0 Å². The van der Waals surface area contributed by atoms with Crippen molar-refractivity contribution in [3.63, 3.8) is 0 Å². The molecule has 4 heteroatoms. The summed E-state index contributed by atoms with van der Waals surface area (Å²) in [5.41, 5.74) is 0.193. The number of carbonyl (C=O) groups excluding carboxylic acids is 1. The van der Waals surface area contributed by atoms with Gasteiger partial charge in [0.2, 0.25) is 0 Å². The third-order valence-corrected chi connectivity index (χ3v) is 3.48. The average Bonchev–Trinajstić information content (AvgIpc) is 2.24. The number of hydrogen-bond donors (Lipinski definition) is 0. The minimum absolute atomic E-state index is 0.0307. The summed E-state index contributed by atoms with van der Waals surface area (Å²) < 4.78 is 18.8. The zero-order valence-electron chi connectivity index (χ0n) is 10.2. The van der Waals surface area contributed by atoms with Gasteiger partial charge in [-0.3, -0.25) is 4.79 Å². The maximum absolute atomic E-state index is 13.3. The van der Waals surface area contributed by atoms with Crippen LogP contribution in [-0.4, -0.2) is 18.5 Å². The third-order valence-electron chi connectivity index (χ3n) is 2.59. The van der Waals surface area contributed by atoms with Crippen molar-refractivity contribution in [1.82, 2.24) is 0 Å². The van der Waals surface area contributed by atoms with Gasteiger partial charge in [0.25, 0.3) is 0 Å². The molecule has 0 aromatic heterocycles. The molecule has 0 heterocycles. The number of halogens is 2. The number of ketones is 1. The molecule has 0 N–H and O–H groups in total. The summed E-state index contributed by atoms with van der Waals surface area (Å²) >= 11 is 3.15. The lowest BCUT2D eigenvalue weighted by Gasteiger charge is -2.21. The molecule has 0 aliphatic carbocycles. The molecule has 0 bridgehead atoms.